The maximum atomic E-state index is 14.0. The first kappa shape index (κ1) is 25.5. The van der Waals surface area contributed by atoms with Crippen LogP contribution in [0.5, 0.6) is 5.75 Å². The first-order chi connectivity index (χ1) is 18.0. The number of methoxy groups -OCH3 is 1. The van der Waals surface area contributed by atoms with Crippen molar-refractivity contribution in [2.24, 2.45) is 0 Å². The van der Waals surface area contributed by atoms with E-state index >= 15 is 0 Å². The topological polar surface area (TPSA) is 135 Å². The summed E-state index contributed by atoms with van der Waals surface area (Å²) < 4.78 is 17.4. The molecule has 0 saturated carbocycles. The summed E-state index contributed by atoms with van der Waals surface area (Å²) >= 11 is 0. The highest BCUT2D eigenvalue weighted by Crippen LogP contribution is 2.39. The zero-order valence-corrected chi connectivity index (χ0v) is 22.1. The second kappa shape index (κ2) is 9.32. The van der Waals surface area contributed by atoms with E-state index in [9.17, 15) is 14.4 Å². The van der Waals surface area contributed by atoms with Crippen LogP contribution in [0.25, 0.3) is 11.1 Å². The molecule has 0 bridgehead atoms. The Morgan fingerprint density at radius 1 is 1.29 bits per heavy atom. The smallest absolute Gasteiger partial charge is 0.296 e. The van der Waals surface area contributed by atoms with Crippen LogP contribution >= 0.6 is 0 Å². The standard InChI is InChI=1S/C27H31N5O6/c1-15-7-6-8-18-17(15)13-29-25(35)27(30-18)14-37-21-20-19(38-22(21)24(34)32(27)9-10-36-5)11-16(12-28-20)23(33)31-26(2,3)4/h6-8,11-12,30H,9-10,13-14H2,1-5H3,(H,29,35)(H,31,33). The van der Waals surface area contributed by atoms with Gasteiger partial charge in [-0.15, -0.1) is 0 Å². The number of nitrogens with one attached hydrogen (secondary N) is 3. The number of anilines is 1. The van der Waals surface area contributed by atoms with Gasteiger partial charge in [0.25, 0.3) is 17.7 Å². The molecule has 1 aromatic carbocycles. The maximum Gasteiger partial charge on any atom is 0.296 e. The number of fused-ring (bicyclic) bond motifs is 4. The lowest BCUT2D eigenvalue weighted by atomic mass is 10.0. The van der Waals surface area contributed by atoms with Crippen LogP contribution in [0.1, 0.15) is 52.8 Å². The van der Waals surface area contributed by atoms with Gasteiger partial charge in [0.05, 0.1) is 12.2 Å². The molecule has 3 N–H and O–H groups in total. The average molecular weight is 522 g/mol. The molecule has 3 amide bonds. The first-order valence-electron chi connectivity index (χ1n) is 12.4. The molecular weight excluding hydrogens is 490 g/mol. The number of rotatable bonds is 4. The molecule has 0 saturated heterocycles. The molecule has 0 fully saturated rings. The molecule has 3 aromatic rings. The van der Waals surface area contributed by atoms with Crippen LogP contribution in [0, 0.1) is 6.92 Å². The van der Waals surface area contributed by atoms with Gasteiger partial charge in [0.2, 0.25) is 11.4 Å². The normalized spacial score (nSPS) is 19.1. The van der Waals surface area contributed by atoms with Gasteiger partial charge in [-0.25, -0.2) is 4.98 Å². The Hall–Kier alpha value is -4.12. The molecule has 11 heteroatoms. The lowest BCUT2D eigenvalue weighted by Gasteiger charge is -2.40. The molecule has 200 valence electrons. The number of carbonyl (C=O) groups excluding carboxylic acids is 3. The summed E-state index contributed by atoms with van der Waals surface area (Å²) in [6.45, 7) is 7.94. The fourth-order valence-corrected chi connectivity index (χ4v) is 4.73. The predicted octanol–water partition coefficient (Wildman–Crippen LogP) is 2.58. The number of aryl methyl sites for hydroxylation is 1. The second-order valence-corrected chi connectivity index (χ2v) is 10.5. The van der Waals surface area contributed by atoms with Gasteiger partial charge in [0.1, 0.15) is 6.61 Å². The number of aromatic nitrogens is 1. The van der Waals surface area contributed by atoms with Crippen molar-refractivity contribution in [3.63, 3.8) is 0 Å². The number of furan rings is 1. The molecule has 2 aromatic heterocycles. The van der Waals surface area contributed by atoms with E-state index in [0.29, 0.717) is 6.54 Å². The number of nitrogens with zero attached hydrogens (tertiary/aromatic N) is 2. The Kier molecular flexibility index (Phi) is 6.26. The fourth-order valence-electron chi connectivity index (χ4n) is 4.73. The van der Waals surface area contributed by atoms with E-state index in [1.807, 2.05) is 45.9 Å². The van der Waals surface area contributed by atoms with Crippen LogP contribution in [0.2, 0.25) is 0 Å². The second-order valence-electron chi connectivity index (χ2n) is 10.5. The van der Waals surface area contributed by atoms with E-state index in [4.69, 9.17) is 13.9 Å². The van der Waals surface area contributed by atoms with Crippen LogP contribution in [0.4, 0.5) is 5.69 Å². The summed E-state index contributed by atoms with van der Waals surface area (Å²) in [4.78, 5) is 46.1. The SMILES string of the molecule is COCCN1C(=O)c2oc3cc(C(=O)NC(C)(C)C)cnc3c2OCC12Nc1cccc(C)c1CNC2=O. The van der Waals surface area contributed by atoms with Gasteiger partial charge in [-0.1, -0.05) is 12.1 Å². The van der Waals surface area contributed by atoms with Gasteiger partial charge in [0, 0.05) is 37.6 Å². The van der Waals surface area contributed by atoms with Crippen molar-refractivity contribution in [1.82, 2.24) is 20.5 Å². The molecule has 1 unspecified atom stereocenters. The molecule has 5 rings (SSSR count). The van der Waals surface area contributed by atoms with Gasteiger partial charge in [-0.05, 0) is 51.0 Å². The van der Waals surface area contributed by atoms with E-state index in [0.717, 1.165) is 16.8 Å². The molecular formula is C27H31N5O6. The van der Waals surface area contributed by atoms with Gasteiger partial charge < -0.3 is 29.8 Å². The van der Waals surface area contributed by atoms with E-state index < -0.39 is 23.0 Å². The summed E-state index contributed by atoms with van der Waals surface area (Å²) in [6.07, 6.45) is 1.41. The number of pyridine rings is 1. The minimum absolute atomic E-state index is 0.0867. The molecule has 11 nitrogen and oxygen atoms in total. The van der Waals surface area contributed by atoms with E-state index in [1.165, 1.54) is 24.3 Å². The molecule has 38 heavy (non-hydrogen) atoms. The van der Waals surface area contributed by atoms with Crippen LogP contribution in [-0.2, 0) is 16.1 Å². The van der Waals surface area contributed by atoms with Gasteiger partial charge in [-0.3, -0.25) is 19.3 Å². The Labute approximate surface area is 219 Å². The summed E-state index contributed by atoms with van der Waals surface area (Å²) in [5.74, 6) is -1.28. The van der Waals surface area contributed by atoms with E-state index in [-0.39, 0.29) is 53.8 Å². The van der Waals surface area contributed by atoms with E-state index in [1.54, 1.807) is 0 Å². The van der Waals surface area contributed by atoms with Gasteiger partial charge >= 0.3 is 0 Å². The Bertz CT molecular complexity index is 1440. The third-order valence-electron chi connectivity index (χ3n) is 6.63. The third kappa shape index (κ3) is 4.32. The molecule has 1 spiro atoms. The number of amides is 3. The molecule has 2 aliphatic rings. The van der Waals surface area contributed by atoms with Crippen molar-refractivity contribution in [2.75, 3.05) is 32.2 Å². The Morgan fingerprint density at radius 2 is 2.08 bits per heavy atom. The largest absolute Gasteiger partial charge is 0.482 e. The number of carbonyl (C=O) groups is 3. The maximum absolute atomic E-state index is 14.0. The number of ether oxygens (including phenoxy) is 2. The predicted molar refractivity (Wildman–Crippen MR) is 139 cm³/mol. The highest BCUT2D eigenvalue weighted by molar-refractivity contribution is 6.06. The van der Waals surface area contributed by atoms with Crippen molar-refractivity contribution in [2.45, 2.75) is 45.4 Å². The Balaban J connectivity index is 1.58. The highest BCUT2D eigenvalue weighted by Gasteiger charge is 2.52. The summed E-state index contributed by atoms with van der Waals surface area (Å²) in [7, 11) is 1.52. The van der Waals surface area contributed by atoms with E-state index in [2.05, 4.69) is 20.9 Å². The average Bonchev–Trinajstić information content (AvgIpc) is 3.09. The van der Waals surface area contributed by atoms with Crippen molar-refractivity contribution < 1.29 is 28.3 Å². The first-order valence-corrected chi connectivity index (χ1v) is 12.4. The lowest BCUT2D eigenvalue weighted by molar-refractivity contribution is -0.132. The summed E-state index contributed by atoms with van der Waals surface area (Å²) in [5, 5.41) is 9.13. The third-order valence-corrected chi connectivity index (χ3v) is 6.63. The summed E-state index contributed by atoms with van der Waals surface area (Å²) in [6, 6.07) is 7.25. The molecule has 0 aliphatic carbocycles. The zero-order valence-electron chi connectivity index (χ0n) is 22.1. The van der Waals surface area contributed by atoms with Crippen molar-refractivity contribution >= 4 is 34.5 Å². The van der Waals surface area contributed by atoms with Gasteiger partial charge in [0.15, 0.2) is 16.8 Å². The van der Waals surface area contributed by atoms with Crippen LogP contribution in [-0.4, -0.2) is 65.7 Å². The number of hydrogen-bond acceptors (Lipinski definition) is 8. The summed E-state index contributed by atoms with van der Waals surface area (Å²) in [5.41, 5.74) is 1.43. The molecule has 2 aliphatic heterocycles. The monoisotopic (exact) mass is 521 g/mol. The van der Waals surface area contributed by atoms with Crippen molar-refractivity contribution in [3.8, 4) is 5.75 Å². The minimum Gasteiger partial charge on any atom is -0.482 e. The van der Waals surface area contributed by atoms with Crippen molar-refractivity contribution in [3.05, 3.63) is 52.9 Å². The molecule has 1 atom stereocenters. The minimum atomic E-state index is -1.57. The highest BCUT2D eigenvalue weighted by atomic mass is 16.5. The van der Waals surface area contributed by atoms with Crippen molar-refractivity contribution in [1.29, 1.82) is 0 Å². The molecule has 4 heterocycles. The fraction of sp³-hybridized carbons (Fsp3) is 0.407. The Morgan fingerprint density at radius 3 is 2.82 bits per heavy atom. The lowest BCUT2D eigenvalue weighted by Crippen LogP contribution is -2.67. The van der Waals surface area contributed by atoms with Crippen LogP contribution < -0.4 is 20.7 Å². The zero-order chi connectivity index (χ0) is 27.2. The number of hydrogen-bond donors (Lipinski definition) is 3. The molecule has 0 radical (unpaired) electrons. The van der Waals surface area contributed by atoms with Gasteiger partial charge in [-0.2, -0.15) is 0 Å². The quantitative estimate of drug-likeness (QED) is 0.477. The van der Waals surface area contributed by atoms with Crippen LogP contribution in [0.15, 0.2) is 34.9 Å². The van der Waals surface area contributed by atoms with Crippen LogP contribution in [0.3, 0.4) is 0 Å². The number of benzene rings is 1.